The van der Waals surface area contributed by atoms with Crippen LogP contribution in [0.5, 0.6) is 0 Å². The van der Waals surface area contributed by atoms with E-state index < -0.39 is 12.0 Å². The highest BCUT2D eigenvalue weighted by molar-refractivity contribution is 5.73. The largest absolute Gasteiger partial charge is 0.480 e. The van der Waals surface area contributed by atoms with E-state index in [4.69, 9.17) is 5.11 Å². The summed E-state index contributed by atoms with van der Waals surface area (Å²) in [6, 6.07) is -0.490. The van der Waals surface area contributed by atoms with E-state index in [1.54, 1.807) is 12.4 Å². The van der Waals surface area contributed by atoms with Gasteiger partial charge in [0.25, 0.3) is 0 Å². The number of carbonyl (C=O) groups is 1. The average molecular weight is 237 g/mol. The van der Waals surface area contributed by atoms with Gasteiger partial charge in [0.05, 0.1) is 0 Å². The molecule has 5 heteroatoms. The minimum Gasteiger partial charge on any atom is -0.480 e. The van der Waals surface area contributed by atoms with Gasteiger partial charge in [-0.2, -0.15) is 0 Å². The smallest absolute Gasteiger partial charge is 0.320 e. The summed E-state index contributed by atoms with van der Waals surface area (Å²) in [7, 11) is 0. The molecule has 1 rings (SSSR count). The molecule has 1 heterocycles. The number of nitrogens with zero attached hydrogens (tertiary/aromatic N) is 2. The molecule has 0 aliphatic carbocycles. The van der Waals surface area contributed by atoms with Gasteiger partial charge in [0, 0.05) is 24.5 Å². The van der Waals surface area contributed by atoms with Crippen molar-refractivity contribution in [2.75, 3.05) is 0 Å². The lowest BCUT2D eigenvalue weighted by Crippen LogP contribution is -2.36. The molecule has 0 radical (unpaired) electrons. The number of aromatic nitrogens is 2. The van der Waals surface area contributed by atoms with E-state index in [2.05, 4.69) is 15.3 Å². The lowest BCUT2D eigenvalue weighted by atomic mass is 10.1. The third-order valence-electron chi connectivity index (χ3n) is 2.53. The molecule has 94 valence electrons. The zero-order valence-electron chi connectivity index (χ0n) is 10.3. The van der Waals surface area contributed by atoms with Gasteiger partial charge in [-0.1, -0.05) is 19.8 Å². The number of nitrogens with one attached hydrogen (secondary N) is 1. The van der Waals surface area contributed by atoms with Gasteiger partial charge in [-0.05, 0) is 13.3 Å². The number of aliphatic carboxylic acids is 1. The zero-order chi connectivity index (χ0) is 12.7. The van der Waals surface area contributed by atoms with Gasteiger partial charge >= 0.3 is 5.97 Å². The van der Waals surface area contributed by atoms with Gasteiger partial charge in [0.15, 0.2) is 0 Å². The number of carboxylic acid groups (broad SMARTS) is 1. The van der Waals surface area contributed by atoms with Crippen molar-refractivity contribution in [3.8, 4) is 0 Å². The van der Waals surface area contributed by atoms with E-state index in [0.29, 0.717) is 13.0 Å². The minimum atomic E-state index is -0.800. The molecule has 2 N–H and O–H groups in total. The topological polar surface area (TPSA) is 75.1 Å². The van der Waals surface area contributed by atoms with Crippen LogP contribution < -0.4 is 5.32 Å². The van der Waals surface area contributed by atoms with Crippen LogP contribution in [-0.2, 0) is 11.3 Å². The second kappa shape index (κ2) is 6.96. The summed E-state index contributed by atoms with van der Waals surface area (Å²) in [5.74, 6) is -0.0824. The first-order valence-corrected chi connectivity index (χ1v) is 5.87. The molecular formula is C12H19N3O2. The highest BCUT2D eigenvalue weighted by Gasteiger charge is 2.15. The van der Waals surface area contributed by atoms with Crippen molar-refractivity contribution in [2.24, 2.45) is 0 Å². The molecule has 1 aromatic heterocycles. The molecule has 17 heavy (non-hydrogen) atoms. The summed E-state index contributed by atoms with van der Waals surface area (Å²) < 4.78 is 0. The first kappa shape index (κ1) is 13.6. The van der Waals surface area contributed by atoms with Gasteiger partial charge in [-0.3, -0.25) is 4.79 Å². The van der Waals surface area contributed by atoms with Crippen molar-refractivity contribution < 1.29 is 9.90 Å². The summed E-state index contributed by atoms with van der Waals surface area (Å²) in [6.45, 7) is 4.35. The molecule has 1 atom stereocenters. The fraction of sp³-hybridized carbons (Fsp3) is 0.583. The Morgan fingerprint density at radius 1 is 1.47 bits per heavy atom. The lowest BCUT2D eigenvalue weighted by molar-refractivity contribution is -0.139. The van der Waals surface area contributed by atoms with E-state index >= 15 is 0 Å². The van der Waals surface area contributed by atoms with Crippen LogP contribution in [0.1, 0.15) is 37.6 Å². The van der Waals surface area contributed by atoms with Crippen LogP contribution in [0, 0.1) is 6.92 Å². The molecule has 0 spiro atoms. The Morgan fingerprint density at radius 2 is 2.12 bits per heavy atom. The molecule has 0 fully saturated rings. The molecule has 0 aromatic carbocycles. The fourth-order valence-electron chi connectivity index (χ4n) is 1.47. The molecule has 0 saturated heterocycles. The van der Waals surface area contributed by atoms with Gasteiger partial charge in [0.2, 0.25) is 0 Å². The van der Waals surface area contributed by atoms with E-state index in [1.165, 1.54) is 0 Å². The number of unbranched alkanes of at least 4 members (excludes halogenated alkanes) is 1. The number of hydrogen-bond donors (Lipinski definition) is 2. The Labute approximate surface area is 101 Å². The van der Waals surface area contributed by atoms with Crippen molar-refractivity contribution in [3.63, 3.8) is 0 Å². The van der Waals surface area contributed by atoms with Crippen LogP contribution in [-0.4, -0.2) is 27.1 Å². The molecule has 0 aliphatic rings. The predicted octanol–water partition coefficient (Wildman–Crippen LogP) is 1.52. The molecule has 1 aromatic rings. The second-order valence-electron chi connectivity index (χ2n) is 4.05. The normalized spacial score (nSPS) is 12.4. The van der Waals surface area contributed by atoms with Crippen molar-refractivity contribution in [1.82, 2.24) is 15.3 Å². The molecule has 0 saturated carbocycles. The van der Waals surface area contributed by atoms with Crippen LogP contribution in [0.2, 0.25) is 0 Å². The molecular weight excluding hydrogens is 218 g/mol. The third kappa shape index (κ3) is 4.91. The Kier molecular flexibility index (Phi) is 5.56. The summed E-state index contributed by atoms with van der Waals surface area (Å²) in [6.07, 6.45) is 5.99. The highest BCUT2D eigenvalue weighted by atomic mass is 16.4. The number of hydrogen-bond acceptors (Lipinski definition) is 4. The Balaban J connectivity index is 2.45. The standard InChI is InChI=1S/C12H19N3O2/c1-3-4-5-11(12(16)17)15-8-10-6-13-9(2)14-7-10/h6-7,11,15H,3-5,8H2,1-2H3,(H,16,17)/t11-/m0/s1. The van der Waals surface area contributed by atoms with E-state index in [9.17, 15) is 4.79 Å². The van der Waals surface area contributed by atoms with E-state index in [0.717, 1.165) is 24.2 Å². The van der Waals surface area contributed by atoms with Crippen molar-refractivity contribution >= 4 is 5.97 Å². The van der Waals surface area contributed by atoms with E-state index in [1.807, 2.05) is 13.8 Å². The van der Waals surface area contributed by atoms with Gasteiger partial charge in [-0.25, -0.2) is 9.97 Å². The Bertz CT molecular complexity index is 351. The summed E-state index contributed by atoms with van der Waals surface area (Å²) >= 11 is 0. The maximum Gasteiger partial charge on any atom is 0.320 e. The molecule has 0 amide bonds. The van der Waals surface area contributed by atoms with Crippen LogP contribution in [0.25, 0.3) is 0 Å². The van der Waals surface area contributed by atoms with Gasteiger partial charge in [-0.15, -0.1) is 0 Å². The molecule has 5 nitrogen and oxygen atoms in total. The number of rotatable bonds is 7. The van der Waals surface area contributed by atoms with Gasteiger partial charge in [0.1, 0.15) is 11.9 Å². The Morgan fingerprint density at radius 3 is 2.65 bits per heavy atom. The molecule has 0 unspecified atom stereocenters. The molecule has 0 aliphatic heterocycles. The lowest BCUT2D eigenvalue weighted by Gasteiger charge is -2.13. The summed E-state index contributed by atoms with van der Waals surface area (Å²) in [5, 5.41) is 12.0. The first-order chi connectivity index (χ1) is 8.13. The van der Waals surface area contributed by atoms with Crippen LogP contribution >= 0.6 is 0 Å². The summed E-state index contributed by atoms with van der Waals surface area (Å²) in [4.78, 5) is 19.1. The second-order valence-corrected chi connectivity index (χ2v) is 4.05. The maximum atomic E-state index is 11.0. The monoisotopic (exact) mass is 237 g/mol. The highest BCUT2D eigenvalue weighted by Crippen LogP contribution is 2.03. The fourth-order valence-corrected chi connectivity index (χ4v) is 1.47. The summed E-state index contributed by atoms with van der Waals surface area (Å²) in [5.41, 5.74) is 0.901. The minimum absolute atomic E-state index is 0.487. The van der Waals surface area contributed by atoms with Gasteiger partial charge < -0.3 is 10.4 Å². The van der Waals surface area contributed by atoms with Crippen LogP contribution in [0.3, 0.4) is 0 Å². The van der Waals surface area contributed by atoms with Crippen molar-refractivity contribution in [3.05, 3.63) is 23.8 Å². The quantitative estimate of drug-likeness (QED) is 0.752. The number of aryl methyl sites for hydroxylation is 1. The zero-order valence-corrected chi connectivity index (χ0v) is 10.3. The maximum absolute atomic E-state index is 11.0. The van der Waals surface area contributed by atoms with Crippen molar-refractivity contribution in [1.29, 1.82) is 0 Å². The number of carboxylic acids is 1. The first-order valence-electron chi connectivity index (χ1n) is 5.87. The molecule has 0 bridgehead atoms. The SMILES string of the molecule is CCCC[C@H](NCc1cnc(C)nc1)C(=O)O. The van der Waals surface area contributed by atoms with Crippen LogP contribution in [0.15, 0.2) is 12.4 Å². The Hall–Kier alpha value is -1.49. The average Bonchev–Trinajstić information content (AvgIpc) is 2.31. The van der Waals surface area contributed by atoms with E-state index in [-0.39, 0.29) is 0 Å². The predicted molar refractivity (Wildman–Crippen MR) is 64.6 cm³/mol. The third-order valence-corrected chi connectivity index (χ3v) is 2.53. The van der Waals surface area contributed by atoms with Crippen LogP contribution in [0.4, 0.5) is 0 Å². The van der Waals surface area contributed by atoms with Crippen molar-refractivity contribution in [2.45, 2.75) is 45.7 Å².